The zero-order chi connectivity index (χ0) is 10.4. The number of nitrogens with zero attached hydrogens (tertiary/aromatic N) is 1. The fraction of sp³-hybridized carbons (Fsp3) is 0.333. The van der Waals surface area contributed by atoms with E-state index >= 15 is 0 Å². The lowest BCUT2D eigenvalue weighted by Gasteiger charge is -2.04. The molecule has 0 saturated heterocycles. The minimum atomic E-state index is -0.487. The quantitative estimate of drug-likeness (QED) is 0.790. The fourth-order valence-electron chi connectivity index (χ4n) is 0.872. The van der Waals surface area contributed by atoms with Gasteiger partial charge in [0.25, 0.3) is 0 Å². The summed E-state index contributed by atoms with van der Waals surface area (Å²) in [5, 5.41) is 2.45. The zero-order valence-electron chi connectivity index (χ0n) is 7.79. The maximum absolute atomic E-state index is 12.6. The van der Waals surface area contributed by atoms with Crippen molar-refractivity contribution in [2.24, 2.45) is 0 Å². The smallest absolute Gasteiger partial charge is 0.250 e. The lowest BCUT2D eigenvalue weighted by molar-refractivity contribution is -0.120. The highest BCUT2D eigenvalue weighted by atomic mass is 19.1. The van der Waals surface area contributed by atoms with E-state index in [9.17, 15) is 9.18 Å². The lowest BCUT2D eigenvalue weighted by atomic mass is 10.4. The molecular weight excluding hydrogens is 187 g/mol. The molecule has 0 spiro atoms. The van der Waals surface area contributed by atoms with Crippen molar-refractivity contribution in [1.29, 1.82) is 0 Å². The number of ether oxygens (including phenoxy) is 1. The van der Waals surface area contributed by atoms with Crippen LogP contribution in [0.1, 0.15) is 6.92 Å². The molecule has 1 heterocycles. The molecule has 1 N–H and O–H groups in total. The molecule has 0 aliphatic heterocycles. The Morgan fingerprint density at radius 1 is 1.64 bits per heavy atom. The highest BCUT2D eigenvalue weighted by Gasteiger charge is 2.02. The largest absolute Gasteiger partial charge is 0.372 e. The molecule has 0 aliphatic carbocycles. The van der Waals surface area contributed by atoms with Crippen LogP contribution in [0.4, 0.5) is 10.1 Å². The maximum atomic E-state index is 12.6. The van der Waals surface area contributed by atoms with Crippen LogP contribution in [0.3, 0.4) is 0 Å². The van der Waals surface area contributed by atoms with Crippen LogP contribution < -0.4 is 5.32 Å². The molecule has 0 unspecified atom stereocenters. The number of halogens is 1. The second-order valence-electron chi connectivity index (χ2n) is 2.58. The summed E-state index contributed by atoms with van der Waals surface area (Å²) in [5.74, 6) is -0.807. The van der Waals surface area contributed by atoms with Gasteiger partial charge in [-0.05, 0) is 6.92 Å². The van der Waals surface area contributed by atoms with Gasteiger partial charge in [0.2, 0.25) is 5.91 Å². The molecule has 0 atom stereocenters. The third-order valence-corrected chi connectivity index (χ3v) is 1.43. The normalized spacial score (nSPS) is 9.86. The van der Waals surface area contributed by atoms with Crippen molar-refractivity contribution in [2.45, 2.75) is 6.92 Å². The topological polar surface area (TPSA) is 51.2 Å². The Bertz CT molecular complexity index is 317. The maximum Gasteiger partial charge on any atom is 0.250 e. The predicted octanol–water partition coefficient (Wildman–Crippen LogP) is 1.20. The fourth-order valence-corrected chi connectivity index (χ4v) is 0.872. The van der Waals surface area contributed by atoms with Crippen LogP contribution in [-0.4, -0.2) is 24.1 Å². The Balaban J connectivity index is 2.47. The van der Waals surface area contributed by atoms with E-state index in [-0.39, 0.29) is 12.5 Å². The number of amides is 1. The van der Waals surface area contributed by atoms with Crippen molar-refractivity contribution in [3.63, 3.8) is 0 Å². The van der Waals surface area contributed by atoms with Gasteiger partial charge in [0.05, 0.1) is 18.1 Å². The number of rotatable bonds is 4. The summed E-state index contributed by atoms with van der Waals surface area (Å²) in [6.07, 6.45) is 2.44. The highest BCUT2D eigenvalue weighted by molar-refractivity contribution is 5.91. The number of anilines is 1. The van der Waals surface area contributed by atoms with E-state index in [1.165, 1.54) is 12.3 Å². The van der Waals surface area contributed by atoms with Gasteiger partial charge in [-0.3, -0.25) is 9.78 Å². The summed E-state index contributed by atoms with van der Waals surface area (Å²) in [6, 6.07) is 1.19. The van der Waals surface area contributed by atoms with Gasteiger partial charge in [0.15, 0.2) is 0 Å². The van der Waals surface area contributed by atoms with Crippen molar-refractivity contribution in [3.05, 3.63) is 24.3 Å². The number of nitrogens with one attached hydrogen (secondary N) is 1. The Morgan fingerprint density at radius 2 is 2.43 bits per heavy atom. The molecule has 1 aromatic rings. The van der Waals surface area contributed by atoms with Crippen LogP contribution in [-0.2, 0) is 9.53 Å². The third-order valence-electron chi connectivity index (χ3n) is 1.43. The van der Waals surface area contributed by atoms with Gasteiger partial charge in [-0.25, -0.2) is 4.39 Å². The van der Waals surface area contributed by atoms with Gasteiger partial charge in [-0.15, -0.1) is 0 Å². The summed E-state index contributed by atoms with van der Waals surface area (Å²) >= 11 is 0. The summed E-state index contributed by atoms with van der Waals surface area (Å²) in [5.41, 5.74) is 0.328. The van der Waals surface area contributed by atoms with E-state index in [0.717, 1.165) is 6.20 Å². The Morgan fingerprint density at radius 3 is 3.07 bits per heavy atom. The van der Waals surface area contributed by atoms with E-state index in [4.69, 9.17) is 4.74 Å². The lowest BCUT2D eigenvalue weighted by Crippen LogP contribution is -2.18. The molecule has 0 bridgehead atoms. The van der Waals surface area contributed by atoms with E-state index in [1.807, 2.05) is 0 Å². The number of pyridine rings is 1. The summed E-state index contributed by atoms with van der Waals surface area (Å²) < 4.78 is 17.5. The molecule has 76 valence electrons. The van der Waals surface area contributed by atoms with E-state index in [0.29, 0.717) is 12.3 Å². The summed E-state index contributed by atoms with van der Waals surface area (Å²) in [7, 11) is 0. The van der Waals surface area contributed by atoms with Crippen LogP contribution in [0.15, 0.2) is 18.5 Å². The van der Waals surface area contributed by atoms with Crippen molar-refractivity contribution >= 4 is 11.6 Å². The Labute approximate surface area is 81.1 Å². The first-order valence-electron chi connectivity index (χ1n) is 4.20. The standard InChI is InChI=1S/C9H11FN2O2/c1-2-14-6-9(13)12-8-3-7(10)4-11-5-8/h3-5H,2,6H2,1H3,(H,12,13). The minimum absolute atomic E-state index is 0.0347. The molecule has 1 amide bonds. The average molecular weight is 198 g/mol. The van der Waals surface area contributed by atoms with Gasteiger partial charge in [0.1, 0.15) is 12.4 Å². The van der Waals surface area contributed by atoms with Crippen LogP contribution in [0.25, 0.3) is 0 Å². The molecule has 0 aliphatic rings. The summed E-state index contributed by atoms with van der Waals surface area (Å²) in [6.45, 7) is 2.22. The second kappa shape index (κ2) is 5.29. The second-order valence-corrected chi connectivity index (χ2v) is 2.58. The molecule has 4 nitrogen and oxygen atoms in total. The van der Waals surface area contributed by atoms with Gasteiger partial charge < -0.3 is 10.1 Å². The average Bonchev–Trinajstić information content (AvgIpc) is 2.15. The monoisotopic (exact) mass is 198 g/mol. The van der Waals surface area contributed by atoms with Crippen LogP contribution in [0.2, 0.25) is 0 Å². The van der Waals surface area contributed by atoms with E-state index in [1.54, 1.807) is 6.92 Å². The molecule has 0 fully saturated rings. The predicted molar refractivity (Wildman–Crippen MR) is 49.3 cm³/mol. The molecular formula is C9H11FN2O2. The number of carbonyl (C=O) groups excluding carboxylic acids is 1. The first kappa shape index (κ1) is 10.6. The number of hydrogen-bond donors (Lipinski definition) is 1. The Hall–Kier alpha value is -1.49. The SMILES string of the molecule is CCOCC(=O)Nc1cncc(F)c1. The third kappa shape index (κ3) is 3.49. The number of carbonyl (C=O) groups is 1. The highest BCUT2D eigenvalue weighted by Crippen LogP contribution is 2.06. The van der Waals surface area contributed by atoms with Gasteiger partial charge in [0, 0.05) is 12.7 Å². The van der Waals surface area contributed by atoms with E-state index < -0.39 is 5.82 Å². The van der Waals surface area contributed by atoms with Crippen LogP contribution in [0, 0.1) is 5.82 Å². The zero-order valence-corrected chi connectivity index (χ0v) is 7.79. The molecule has 0 aromatic carbocycles. The number of aromatic nitrogens is 1. The summed E-state index contributed by atoms with van der Waals surface area (Å²) in [4.78, 5) is 14.7. The van der Waals surface area contributed by atoms with E-state index in [2.05, 4.69) is 10.3 Å². The van der Waals surface area contributed by atoms with Crippen LogP contribution in [0.5, 0.6) is 0 Å². The van der Waals surface area contributed by atoms with Gasteiger partial charge >= 0.3 is 0 Å². The van der Waals surface area contributed by atoms with Crippen LogP contribution >= 0.6 is 0 Å². The molecule has 1 rings (SSSR count). The van der Waals surface area contributed by atoms with Crippen molar-refractivity contribution < 1.29 is 13.9 Å². The molecule has 0 saturated carbocycles. The van der Waals surface area contributed by atoms with Crippen molar-refractivity contribution in [2.75, 3.05) is 18.5 Å². The van der Waals surface area contributed by atoms with Crippen molar-refractivity contribution in [3.8, 4) is 0 Å². The molecule has 1 aromatic heterocycles. The minimum Gasteiger partial charge on any atom is -0.372 e. The van der Waals surface area contributed by atoms with Gasteiger partial charge in [-0.1, -0.05) is 0 Å². The number of hydrogen-bond acceptors (Lipinski definition) is 3. The molecule has 5 heteroatoms. The van der Waals surface area contributed by atoms with Gasteiger partial charge in [-0.2, -0.15) is 0 Å². The Kier molecular flexibility index (Phi) is 4.00. The first-order valence-corrected chi connectivity index (χ1v) is 4.20. The first-order chi connectivity index (χ1) is 6.72. The van der Waals surface area contributed by atoms with Crippen molar-refractivity contribution in [1.82, 2.24) is 4.98 Å². The molecule has 14 heavy (non-hydrogen) atoms. The molecule has 0 radical (unpaired) electrons.